The van der Waals surface area contributed by atoms with Crippen LogP contribution in [-0.2, 0) is 6.54 Å². The second kappa shape index (κ2) is 7.11. The van der Waals surface area contributed by atoms with Crippen molar-refractivity contribution in [1.82, 2.24) is 9.80 Å². The zero-order chi connectivity index (χ0) is 18.0. The van der Waals surface area contributed by atoms with Gasteiger partial charge in [0, 0.05) is 26.2 Å². The number of rotatable bonds is 4. The second-order valence-electron chi connectivity index (χ2n) is 7.97. The van der Waals surface area contributed by atoms with Crippen LogP contribution in [0.5, 0.6) is 0 Å². The molecular formula is C19H30N2O3. The maximum atomic E-state index is 11.9. The van der Waals surface area contributed by atoms with Crippen molar-refractivity contribution in [2.45, 2.75) is 52.3 Å². The third kappa shape index (κ3) is 3.90. The lowest BCUT2D eigenvalue weighted by atomic mass is 9.68. The summed E-state index contributed by atoms with van der Waals surface area (Å²) >= 11 is 0. The lowest BCUT2D eigenvalue weighted by Crippen LogP contribution is -2.69. The molecule has 1 aliphatic heterocycles. The Morgan fingerprint density at radius 2 is 1.88 bits per heavy atom. The molecule has 1 aromatic rings. The lowest BCUT2D eigenvalue weighted by molar-refractivity contribution is -0.0791. The molecule has 1 aromatic carbocycles. The zero-order valence-electron chi connectivity index (χ0n) is 15.2. The van der Waals surface area contributed by atoms with Crippen molar-refractivity contribution < 1.29 is 15.0 Å². The molecule has 1 unspecified atom stereocenters. The highest BCUT2D eigenvalue weighted by Crippen LogP contribution is 2.42. The number of aliphatic hydroxyl groups excluding tert-OH is 1. The fourth-order valence-corrected chi connectivity index (χ4v) is 3.86. The van der Waals surface area contributed by atoms with Gasteiger partial charge in [0.1, 0.15) is 0 Å². The summed E-state index contributed by atoms with van der Waals surface area (Å²) in [6, 6.07) is 10.2. The number of hydrogen-bond acceptors (Lipinski definition) is 3. The molecule has 134 valence electrons. The van der Waals surface area contributed by atoms with Gasteiger partial charge in [0.15, 0.2) is 0 Å². The SMILES string of the molecule is CC(O)C[C@]1(C(C)(C)C)CN(Cc2ccccc2)CCN1C(=O)O. The molecule has 2 N–H and O–H groups in total. The molecule has 2 atom stereocenters. The van der Waals surface area contributed by atoms with Gasteiger partial charge in [0.05, 0.1) is 11.6 Å². The lowest BCUT2D eigenvalue weighted by Gasteiger charge is -2.57. The van der Waals surface area contributed by atoms with E-state index in [9.17, 15) is 15.0 Å². The third-order valence-electron chi connectivity index (χ3n) is 5.15. The molecule has 1 aliphatic rings. The summed E-state index contributed by atoms with van der Waals surface area (Å²) in [7, 11) is 0. The first-order valence-corrected chi connectivity index (χ1v) is 8.60. The van der Waals surface area contributed by atoms with Crippen molar-refractivity contribution in [2.75, 3.05) is 19.6 Å². The Morgan fingerprint density at radius 3 is 2.38 bits per heavy atom. The van der Waals surface area contributed by atoms with Gasteiger partial charge >= 0.3 is 6.09 Å². The summed E-state index contributed by atoms with van der Waals surface area (Å²) < 4.78 is 0. The van der Waals surface area contributed by atoms with Gasteiger partial charge in [-0.2, -0.15) is 0 Å². The van der Waals surface area contributed by atoms with E-state index in [4.69, 9.17) is 0 Å². The van der Waals surface area contributed by atoms with Gasteiger partial charge in [0.25, 0.3) is 0 Å². The van der Waals surface area contributed by atoms with Crippen LogP contribution >= 0.6 is 0 Å². The molecule has 5 heteroatoms. The molecule has 24 heavy (non-hydrogen) atoms. The summed E-state index contributed by atoms with van der Waals surface area (Å²) in [6.45, 7) is 10.5. The Labute approximate surface area is 144 Å². The fraction of sp³-hybridized carbons (Fsp3) is 0.632. The van der Waals surface area contributed by atoms with Crippen LogP contribution in [0.15, 0.2) is 30.3 Å². The van der Waals surface area contributed by atoms with Crippen molar-refractivity contribution in [3.63, 3.8) is 0 Å². The van der Waals surface area contributed by atoms with Gasteiger partial charge in [-0.15, -0.1) is 0 Å². The molecular weight excluding hydrogens is 304 g/mol. The van der Waals surface area contributed by atoms with E-state index in [0.717, 1.165) is 6.54 Å². The van der Waals surface area contributed by atoms with Gasteiger partial charge in [-0.25, -0.2) is 4.79 Å². The van der Waals surface area contributed by atoms with Crippen LogP contribution < -0.4 is 0 Å². The number of carbonyl (C=O) groups is 1. The van der Waals surface area contributed by atoms with Crippen LogP contribution in [0.25, 0.3) is 0 Å². The summed E-state index contributed by atoms with van der Waals surface area (Å²) in [4.78, 5) is 15.8. The molecule has 0 aliphatic carbocycles. The van der Waals surface area contributed by atoms with E-state index in [1.807, 2.05) is 18.2 Å². The number of benzene rings is 1. The van der Waals surface area contributed by atoms with Crippen molar-refractivity contribution in [3.05, 3.63) is 35.9 Å². The summed E-state index contributed by atoms with van der Waals surface area (Å²) in [5.41, 5.74) is 0.332. The first-order valence-electron chi connectivity index (χ1n) is 8.60. The molecule has 0 radical (unpaired) electrons. The van der Waals surface area contributed by atoms with Crippen molar-refractivity contribution >= 4 is 6.09 Å². The molecule has 1 saturated heterocycles. The maximum absolute atomic E-state index is 11.9. The smallest absolute Gasteiger partial charge is 0.407 e. The number of nitrogens with zero attached hydrogens (tertiary/aromatic N) is 2. The van der Waals surface area contributed by atoms with E-state index in [0.29, 0.717) is 26.1 Å². The van der Waals surface area contributed by atoms with E-state index in [1.54, 1.807) is 11.8 Å². The molecule has 0 aromatic heterocycles. The monoisotopic (exact) mass is 334 g/mol. The zero-order valence-corrected chi connectivity index (χ0v) is 15.2. The van der Waals surface area contributed by atoms with E-state index < -0.39 is 17.7 Å². The molecule has 0 spiro atoms. The number of aliphatic hydroxyl groups is 1. The maximum Gasteiger partial charge on any atom is 0.407 e. The van der Waals surface area contributed by atoms with Gasteiger partial charge in [-0.1, -0.05) is 51.1 Å². The summed E-state index contributed by atoms with van der Waals surface area (Å²) in [6.07, 6.45) is -1.01. The second-order valence-corrected chi connectivity index (χ2v) is 7.97. The van der Waals surface area contributed by atoms with Crippen LogP contribution in [0, 0.1) is 5.41 Å². The molecule has 0 saturated carbocycles. The highest BCUT2D eigenvalue weighted by atomic mass is 16.4. The molecule has 1 heterocycles. The molecule has 0 bridgehead atoms. The van der Waals surface area contributed by atoms with Gasteiger partial charge < -0.3 is 10.2 Å². The van der Waals surface area contributed by atoms with Gasteiger partial charge in [0.2, 0.25) is 0 Å². The Balaban J connectivity index is 2.31. The molecule has 1 amide bonds. The number of carboxylic acid groups (broad SMARTS) is 1. The first-order chi connectivity index (χ1) is 11.2. The van der Waals surface area contributed by atoms with E-state index in [1.165, 1.54) is 5.56 Å². The van der Waals surface area contributed by atoms with Crippen LogP contribution in [0.2, 0.25) is 0 Å². The summed E-state index contributed by atoms with van der Waals surface area (Å²) in [5.74, 6) is 0. The summed E-state index contributed by atoms with van der Waals surface area (Å²) in [5, 5.41) is 19.8. The van der Waals surface area contributed by atoms with E-state index in [2.05, 4.69) is 37.8 Å². The topological polar surface area (TPSA) is 64.0 Å². The minimum Gasteiger partial charge on any atom is -0.465 e. The molecule has 5 nitrogen and oxygen atoms in total. The average molecular weight is 334 g/mol. The largest absolute Gasteiger partial charge is 0.465 e. The fourth-order valence-electron chi connectivity index (χ4n) is 3.86. The first kappa shape index (κ1) is 18.7. The predicted molar refractivity (Wildman–Crippen MR) is 94.9 cm³/mol. The van der Waals surface area contributed by atoms with Crippen molar-refractivity contribution in [1.29, 1.82) is 0 Å². The highest BCUT2D eigenvalue weighted by Gasteiger charge is 2.52. The van der Waals surface area contributed by atoms with Gasteiger partial charge in [-0.05, 0) is 24.3 Å². The quantitative estimate of drug-likeness (QED) is 0.888. The van der Waals surface area contributed by atoms with E-state index >= 15 is 0 Å². The molecule has 2 rings (SSSR count). The van der Waals surface area contributed by atoms with Crippen LogP contribution in [-0.4, -0.2) is 57.4 Å². The molecule has 1 fully saturated rings. The normalized spacial score (nSPS) is 24.0. The minimum absolute atomic E-state index is 0.280. The Kier molecular flexibility index (Phi) is 5.56. The minimum atomic E-state index is -0.898. The Morgan fingerprint density at radius 1 is 1.25 bits per heavy atom. The van der Waals surface area contributed by atoms with Crippen molar-refractivity contribution in [2.24, 2.45) is 5.41 Å². The Bertz CT molecular complexity index is 553. The standard InChI is InChI=1S/C19H30N2O3/c1-15(22)12-19(18(2,3)4)14-20(10-11-21(19)17(23)24)13-16-8-6-5-7-9-16/h5-9,15,22H,10-14H2,1-4H3,(H,23,24)/t15?,19-/m1/s1. The number of hydrogen-bond donors (Lipinski definition) is 2. The number of piperazine rings is 1. The van der Waals surface area contributed by atoms with Crippen LogP contribution in [0.3, 0.4) is 0 Å². The van der Waals surface area contributed by atoms with Crippen LogP contribution in [0.4, 0.5) is 4.79 Å². The highest BCUT2D eigenvalue weighted by molar-refractivity contribution is 5.66. The van der Waals surface area contributed by atoms with Crippen LogP contribution in [0.1, 0.15) is 39.7 Å². The Hall–Kier alpha value is -1.59. The number of amides is 1. The van der Waals surface area contributed by atoms with Crippen molar-refractivity contribution in [3.8, 4) is 0 Å². The third-order valence-corrected chi connectivity index (χ3v) is 5.15. The average Bonchev–Trinajstić information content (AvgIpc) is 2.46. The van der Waals surface area contributed by atoms with E-state index in [-0.39, 0.29) is 5.41 Å². The predicted octanol–water partition coefficient (Wildman–Crippen LogP) is 3.04. The van der Waals surface area contributed by atoms with Gasteiger partial charge in [-0.3, -0.25) is 9.80 Å².